The van der Waals surface area contributed by atoms with Crippen LogP contribution in [0.15, 0.2) is 36.3 Å². The van der Waals surface area contributed by atoms with E-state index in [0.717, 1.165) is 12.0 Å². The van der Waals surface area contributed by atoms with Crippen molar-refractivity contribution in [1.29, 1.82) is 0 Å². The van der Waals surface area contributed by atoms with Gasteiger partial charge in [-0.2, -0.15) is 0 Å². The van der Waals surface area contributed by atoms with Crippen LogP contribution in [0.25, 0.3) is 5.57 Å². The molecule has 0 unspecified atom stereocenters. The zero-order valence-electron chi connectivity index (χ0n) is 11.8. The van der Waals surface area contributed by atoms with Crippen molar-refractivity contribution in [3.63, 3.8) is 0 Å². The minimum atomic E-state index is -0.201. The maximum absolute atomic E-state index is 13.7. The van der Waals surface area contributed by atoms with E-state index in [-0.39, 0.29) is 17.7 Å². The number of likely N-dealkylation sites (N-methyl/N-ethyl adjacent to an activating group) is 1. The molecule has 4 heteroatoms. The van der Waals surface area contributed by atoms with Crippen LogP contribution in [0.3, 0.4) is 0 Å². The Balaban J connectivity index is 2.14. The van der Waals surface area contributed by atoms with E-state index in [4.69, 9.17) is 0 Å². The largest absolute Gasteiger partial charge is 0.310 e. The third kappa shape index (κ3) is 3.39. The lowest BCUT2D eigenvalue weighted by atomic mass is 9.99. The molecule has 0 amide bonds. The minimum Gasteiger partial charge on any atom is -0.310 e. The SMILES string of the molecule is CN[C@@H](Cc1ccc(C2=C(F)C=CCC2)nc1)C(C)=O. The fourth-order valence-corrected chi connectivity index (χ4v) is 2.29. The van der Waals surface area contributed by atoms with Crippen molar-refractivity contribution in [1.82, 2.24) is 10.3 Å². The molecule has 0 saturated heterocycles. The van der Waals surface area contributed by atoms with Crippen LogP contribution in [0.5, 0.6) is 0 Å². The molecule has 0 saturated carbocycles. The molecule has 3 nitrogen and oxygen atoms in total. The summed E-state index contributed by atoms with van der Waals surface area (Å²) in [7, 11) is 1.77. The Hall–Kier alpha value is -1.81. The van der Waals surface area contributed by atoms with E-state index in [0.29, 0.717) is 24.1 Å². The molecule has 1 aromatic heterocycles. The second-order valence-electron chi connectivity index (χ2n) is 4.98. The second-order valence-corrected chi connectivity index (χ2v) is 4.98. The van der Waals surface area contributed by atoms with Crippen molar-refractivity contribution in [3.05, 3.63) is 47.6 Å². The van der Waals surface area contributed by atoms with Crippen molar-refractivity contribution in [2.24, 2.45) is 0 Å². The standard InChI is InChI=1S/C16H19FN2O/c1-11(20)16(18-2)9-12-7-8-15(19-10-12)13-5-3-4-6-14(13)17/h4,6-8,10,16,18H,3,5,9H2,1-2H3/t16-/m0/s1. The summed E-state index contributed by atoms with van der Waals surface area (Å²) in [5.74, 6) is -0.101. The summed E-state index contributed by atoms with van der Waals surface area (Å²) < 4.78 is 13.7. The number of ketones is 1. The van der Waals surface area contributed by atoms with E-state index in [2.05, 4.69) is 10.3 Å². The summed E-state index contributed by atoms with van der Waals surface area (Å²) in [6.45, 7) is 1.57. The van der Waals surface area contributed by atoms with Gasteiger partial charge in [-0.1, -0.05) is 12.1 Å². The van der Waals surface area contributed by atoms with Crippen LogP contribution in [-0.2, 0) is 11.2 Å². The number of hydrogen-bond acceptors (Lipinski definition) is 3. The molecule has 2 rings (SSSR count). The van der Waals surface area contributed by atoms with Gasteiger partial charge in [-0.3, -0.25) is 9.78 Å². The molecule has 1 atom stereocenters. The van der Waals surface area contributed by atoms with Gasteiger partial charge < -0.3 is 5.32 Å². The molecule has 20 heavy (non-hydrogen) atoms. The Morgan fingerprint density at radius 1 is 1.50 bits per heavy atom. The second kappa shape index (κ2) is 6.57. The van der Waals surface area contributed by atoms with Crippen molar-refractivity contribution in [2.75, 3.05) is 7.05 Å². The van der Waals surface area contributed by atoms with Crippen LogP contribution in [-0.4, -0.2) is 23.9 Å². The van der Waals surface area contributed by atoms with Gasteiger partial charge in [0, 0.05) is 11.8 Å². The topological polar surface area (TPSA) is 42.0 Å². The molecule has 1 aliphatic rings. The van der Waals surface area contributed by atoms with Crippen LogP contribution in [0.4, 0.5) is 4.39 Å². The maximum atomic E-state index is 13.7. The molecule has 1 heterocycles. The molecule has 0 radical (unpaired) electrons. The van der Waals surface area contributed by atoms with Gasteiger partial charge in [-0.05, 0) is 50.9 Å². The monoisotopic (exact) mass is 274 g/mol. The molecule has 0 bridgehead atoms. The lowest BCUT2D eigenvalue weighted by Gasteiger charge is -2.14. The van der Waals surface area contributed by atoms with Crippen LogP contribution < -0.4 is 5.32 Å². The third-order valence-corrected chi connectivity index (χ3v) is 3.53. The summed E-state index contributed by atoms with van der Waals surface area (Å²) in [6.07, 6.45) is 7.18. The number of pyridine rings is 1. The first kappa shape index (κ1) is 14.6. The van der Waals surface area contributed by atoms with Crippen molar-refractivity contribution in [2.45, 2.75) is 32.2 Å². The van der Waals surface area contributed by atoms with Crippen LogP contribution in [0, 0.1) is 0 Å². The third-order valence-electron chi connectivity index (χ3n) is 3.53. The average Bonchev–Trinajstić information content (AvgIpc) is 2.46. The predicted octanol–water partition coefficient (Wildman–Crippen LogP) is 2.83. The number of carbonyl (C=O) groups is 1. The molecular formula is C16H19FN2O. The highest BCUT2D eigenvalue weighted by Gasteiger charge is 2.14. The van der Waals surface area contributed by atoms with Gasteiger partial charge >= 0.3 is 0 Å². The zero-order chi connectivity index (χ0) is 14.5. The fraction of sp³-hybridized carbons (Fsp3) is 0.375. The van der Waals surface area contributed by atoms with Crippen molar-refractivity contribution >= 4 is 11.4 Å². The number of hydrogen-bond donors (Lipinski definition) is 1. The first-order valence-electron chi connectivity index (χ1n) is 6.80. The number of carbonyl (C=O) groups excluding carboxylic acids is 1. The average molecular weight is 274 g/mol. The highest BCUT2D eigenvalue weighted by Crippen LogP contribution is 2.27. The molecule has 0 spiro atoms. The smallest absolute Gasteiger partial charge is 0.147 e. The highest BCUT2D eigenvalue weighted by atomic mass is 19.1. The Kier molecular flexibility index (Phi) is 4.79. The Labute approximate surface area is 118 Å². The molecule has 106 valence electrons. The quantitative estimate of drug-likeness (QED) is 0.897. The number of aromatic nitrogens is 1. The van der Waals surface area contributed by atoms with Crippen molar-refractivity contribution < 1.29 is 9.18 Å². The highest BCUT2D eigenvalue weighted by molar-refractivity contribution is 5.81. The molecule has 1 aromatic rings. The number of rotatable bonds is 5. The number of Topliss-reactive ketones (excluding diaryl/α,β-unsaturated/α-hetero) is 1. The van der Waals surface area contributed by atoms with E-state index in [1.54, 1.807) is 20.2 Å². The molecule has 0 aliphatic heterocycles. The van der Waals surface area contributed by atoms with Gasteiger partial charge in [0.15, 0.2) is 0 Å². The van der Waals surface area contributed by atoms with Crippen LogP contribution >= 0.6 is 0 Å². The summed E-state index contributed by atoms with van der Waals surface area (Å²) >= 11 is 0. The number of allylic oxidation sites excluding steroid dienone is 4. The number of nitrogens with zero attached hydrogens (tertiary/aromatic N) is 1. The molecule has 1 aliphatic carbocycles. The fourth-order valence-electron chi connectivity index (χ4n) is 2.29. The van der Waals surface area contributed by atoms with E-state index in [9.17, 15) is 9.18 Å². The van der Waals surface area contributed by atoms with Crippen LogP contribution in [0.1, 0.15) is 31.0 Å². The van der Waals surface area contributed by atoms with Gasteiger partial charge in [-0.15, -0.1) is 0 Å². The van der Waals surface area contributed by atoms with E-state index in [1.165, 1.54) is 6.08 Å². The van der Waals surface area contributed by atoms with E-state index >= 15 is 0 Å². The Morgan fingerprint density at radius 3 is 2.85 bits per heavy atom. The summed E-state index contributed by atoms with van der Waals surface area (Å²) in [5, 5.41) is 2.98. The number of halogens is 1. The normalized spacial score (nSPS) is 16.4. The van der Waals surface area contributed by atoms with Crippen LogP contribution in [0.2, 0.25) is 0 Å². The van der Waals surface area contributed by atoms with E-state index < -0.39 is 0 Å². The zero-order valence-corrected chi connectivity index (χ0v) is 11.8. The Bertz CT molecular complexity index is 546. The first-order chi connectivity index (χ1) is 9.61. The molecule has 0 fully saturated rings. The lowest BCUT2D eigenvalue weighted by Crippen LogP contribution is -2.34. The van der Waals surface area contributed by atoms with Gasteiger partial charge in [0.2, 0.25) is 0 Å². The van der Waals surface area contributed by atoms with Gasteiger partial charge in [0.1, 0.15) is 11.6 Å². The van der Waals surface area contributed by atoms with Crippen molar-refractivity contribution in [3.8, 4) is 0 Å². The first-order valence-corrected chi connectivity index (χ1v) is 6.80. The van der Waals surface area contributed by atoms with E-state index in [1.807, 2.05) is 18.2 Å². The van der Waals surface area contributed by atoms with Gasteiger partial charge in [0.25, 0.3) is 0 Å². The lowest BCUT2D eigenvalue weighted by molar-refractivity contribution is -0.118. The summed E-state index contributed by atoms with van der Waals surface area (Å²) in [5.41, 5.74) is 2.31. The Morgan fingerprint density at radius 2 is 2.30 bits per heavy atom. The number of nitrogens with one attached hydrogen (secondary N) is 1. The minimum absolute atomic E-state index is 0.0998. The molecule has 0 aromatic carbocycles. The molecular weight excluding hydrogens is 255 g/mol. The maximum Gasteiger partial charge on any atom is 0.147 e. The molecule has 1 N–H and O–H groups in total. The van der Waals surface area contributed by atoms with Gasteiger partial charge in [0.05, 0.1) is 11.7 Å². The summed E-state index contributed by atoms with van der Waals surface area (Å²) in [6, 6.07) is 3.54. The van der Waals surface area contributed by atoms with Gasteiger partial charge in [-0.25, -0.2) is 4.39 Å². The summed E-state index contributed by atoms with van der Waals surface area (Å²) in [4.78, 5) is 15.7. The predicted molar refractivity (Wildman–Crippen MR) is 77.9 cm³/mol.